The standard InChI is InChI=1S/C13H15ClN2/c1-16-6-5-11(9-16)13(8-15)10-3-2-4-12(14)7-10/h2-7,9,13H,8,15H2,1H3. The van der Waals surface area contributed by atoms with Gasteiger partial charge in [0.15, 0.2) is 0 Å². The number of hydrogen-bond acceptors (Lipinski definition) is 1. The van der Waals surface area contributed by atoms with E-state index in [9.17, 15) is 0 Å². The van der Waals surface area contributed by atoms with Gasteiger partial charge in [0.05, 0.1) is 0 Å². The summed E-state index contributed by atoms with van der Waals surface area (Å²) in [5, 5.41) is 0.756. The van der Waals surface area contributed by atoms with Crippen molar-refractivity contribution in [3.05, 3.63) is 58.9 Å². The third kappa shape index (κ3) is 2.29. The van der Waals surface area contributed by atoms with Gasteiger partial charge in [0, 0.05) is 36.9 Å². The molecule has 0 fully saturated rings. The van der Waals surface area contributed by atoms with Crippen LogP contribution in [0.4, 0.5) is 0 Å². The molecule has 1 atom stereocenters. The summed E-state index contributed by atoms with van der Waals surface area (Å²) in [6.07, 6.45) is 4.13. The van der Waals surface area contributed by atoms with Crippen LogP contribution in [-0.4, -0.2) is 11.1 Å². The molecule has 2 N–H and O–H groups in total. The third-order valence-corrected chi connectivity index (χ3v) is 2.98. The number of hydrogen-bond donors (Lipinski definition) is 1. The van der Waals surface area contributed by atoms with E-state index in [1.54, 1.807) is 0 Å². The zero-order valence-corrected chi connectivity index (χ0v) is 9.98. The first-order valence-corrected chi connectivity index (χ1v) is 5.66. The number of aromatic nitrogens is 1. The molecule has 2 nitrogen and oxygen atoms in total. The van der Waals surface area contributed by atoms with Crippen molar-refractivity contribution in [1.29, 1.82) is 0 Å². The van der Waals surface area contributed by atoms with Crippen molar-refractivity contribution >= 4 is 11.6 Å². The van der Waals surface area contributed by atoms with Gasteiger partial charge in [0.1, 0.15) is 0 Å². The maximum absolute atomic E-state index is 5.99. The number of nitrogens with two attached hydrogens (primary N) is 1. The van der Waals surface area contributed by atoms with Crippen molar-refractivity contribution in [2.24, 2.45) is 12.8 Å². The SMILES string of the molecule is Cn1ccc(C(CN)c2cccc(Cl)c2)c1. The lowest BCUT2D eigenvalue weighted by Gasteiger charge is -2.14. The quantitative estimate of drug-likeness (QED) is 0.870. The Labute approximate surface area is 101 Å². The normalized spacial score (nSPS) is 12.7. The van der Waals surface area contributed by atoms with Crippen LogP contribution in [0.5, 0.6) is 0 Å². The maximum Gasteiger partial charge on any atom is 0.0408 e. The third-order valence-electron chi connectivity index (χ3n) is 2.74. The highest BCUT2D eigenvalue weighted by molar-refractivity contribution is 6.30. The molecule has 2 aromatic rings. The van der Waals surface area contributed by atoms with Gasteiger partial charge in [-0.15, -0.1) is 0 Å². The number of benzene rings is 1. The lowest BCUT2D eigenvalue weighted by atomic mass is 9.93. The number of rotatable bonds is 3. The maximum atomic E-state index is 5.99. The predicted octanol–water partition coefficient (Wildman–Crippen LogP) is 2.77. The highest BCUT2D eigenvalue weighted by Crippen LogP contribution is 2.25. The molecule has 0 spiro atoms. The first kappa shape index (κ1) is 11.2. The molecule has 0 aliphatic rings. The number of aryl methyl sites for hydroxylation is 1. The minimum Gasteiger partial charge on any atom is -0.357 e. The molecule has 0 aliphatic carbocycles. The zero-order chi connectivity index (χ0) is 11.5. The largest absolute Gasteiger partial charge is 0.357 e. The Morgan fingerprint density at radius 2 is 2.12 bits per heavy atom. The Morgan fingerprint density at radius 1 is 1.31 bits per heavy atom. The molecule has 1 aromatic heterocycles. The molecule has 1 aromatic carbocycles. The Morgan fingerprint density at radius 3 is 2.69 bits per heavy atom. The van der Waals surface area contributed by atoms with E-state index in [-0.39, 0.29) is 5.92 Å². The van der Waals surface area contributed by atoms with Gasteiger partial charge in [-0.1, -0.05) is 23.7 Å². The summed E-state index contributed by atoms with van der Waals surface area (Å²) in [6.45, 7) is 0.588. The first-order valence-electron chi connectivity index (χ1n) is 5.28. The van der Waals surface area contributed by atoms with Crippen molar-refractivity contribution < 1.29 is 0 Å². The molecule has 1 heterocycles. The van der Waals surface area contributed by atoms with Crippen LogP contribution < -0.4 is 5.73 Å². The van der Waals surface area contributed by atoms with Crippen molar-refractivity contribution in [2.45, 2.75) is 5.92 Å². The van der Waals surface area contributed by atoms with Gasteiger partial charge in [-0.2, -0.15) is 0 Å². The lowest BCUT2D eigenvalue weighted by molar-refractivity contribution is 0.811. The minimum atomic E-state index is 0.222. The van der Waals surface area contributed by atoms with Gasteiger partial charge in [-0.3, -0.25) is 0 Å². The average molecular weight is 235 g/mol. The van der Waals surface area contributed by atoms with E-state index in [4.69, 9.17) is 17.3 Å². The summed E-state index contributed by atoms with van der Waals surface area (Å²) in [4.78, 5) is 0. The molecular formula is C13H15ClN2. The zero-order valence-electron chi connectivity index (χ0n) is 9.23. The van der Waals surface area contributed by atoms with Crippen molar-refractivity contribution in [3.8, 4) is 0 Å². The summed E-state index contributed by atoms with van der Waals surface area (Å²) >= 11 is 5.99. The first-order chi connectivity index (χ1) is 7.70. The molecular weight excluding hydrogens is 220 g/mol. The van der Waals surface area contributed by atoms with E-state index in [1.165, 1.54) is 11.1 Å². The fourth-order valence-electron chi connectivity index (χ4n) is 1.92. The van der Waals surface area contributed by atoms with E-state index in [1.807, 2.05) is 36.0 Å². The number of nitrogens with zero attached hydrogens (tertiary/aromatic N) is 1. The van der Waals surface area contributed by atoms with Crippen LogP contribution in [0.2, 0.25) is 5.02 Å². The molecule has 0 saturated heterocycles. The number of halogens is 1. The van der Waals surface area contributed by atoms with Gasteiger partial charge in [-0.25, -0.2) is 0 Å². The molecule has 0 radical (unpaired) electrons. The highest BCUT2D eigenvalue weighted by Gasteiger charge is 2.13. The predicted molar refractivity (Wildman–Crippen MR) is 67.8 cm³/mol. The van der Waals surface area contributed by atoms with E-state index in [2.05, 4.69) is 18.3 Å². The smallest absolute Gasteiger partial charge is 0.0408 e. The molecule has 3 heteroatoms. The highest BCUT2D eigenvalue weighted by atomic mass is 35.5. The van der Waals surface area contributed by atoms with E-state index in [0.717, 1.165) is 5.02 Å². The molecule has 0 bridgehead atoms. The average Bonchev–Trinajstić information content (AvgIpc) is 2.66. The Hall–Kier alpha value is -1.25. The molecule has 16 heavy (non-hydrogen) atoms. The lowest BCUT2D eigenvalue weighted by Crippen LogP contribution is -2.13. The summed E-state index contributed by atoms with van der Waals surface area (Å²) in [7, 11) is 2.01. The molecule has 2 rings (SSSR count). The topological polar surface area (TPSA) is 30.9 Å². The Bertz CT molecular complexity index is 476. The summed E-state index contributed by atoms with van der Waals surface area (Å²) in [5.74, 6) is 0.222. The van der Waals surface area contributed by atoms with E-state index >= 15 is 0 Å². The molecule has 0 amide bonds. The van der Waals surface area contributed by atoms with Crippen molar-refractivity contribution in [3.63, 3.8) is 0 Å². The van der Waals surface area contributed by atoms with Crippen LogP contribution in [-0.2, 0) is 7.05 Å². The van der Waals surface area contributed by atoms with Gasteiger partial charge < -0.3 is 10.3 Å². The van der Waals surface area contributed by atoms with E-state index in [0.29, 0.717) is 6.54 Å². The van der Waals surface area contributed by atoms with Crippen LogP contribution in [0.3, 0.4) is 0 Å². The van der Waals surface area contributed by atoms with Crippen molar-refractivity contribution in [2.75, 3.05) is 6.54 Å². The Balaban J connectivity index is 2.36. The second-order valence-electron chi connectivity index (χ2n) is 3.95. The monoisotopic (exact) mass is 234 g/mol. The van der Waals surface area contributed by atoms with Gasteiger partial charge in [0.25, 0.3) is 0 Å². The minimum absolute atomic E-state index is 0.222. The van der Waals surface area contributed by atoms with Gasteiger partial charge in [0.2, 0.25) is 0 Å². The molecule has 0 saturated carbocycles. The molecule has 1 unspecified atom stereocenters. The van der Waals surface area contributed by atoms with Crippen LogP contribution in [0.25, 0.3) is 0 Å². The molecule has 84 valence electrons. The van der Waals surface area contributed by atoms with Crippen LogP contribution in [0, 0.1) is 0 Å². The summed E-state index contributed by atoms with van der Waals surface area (Å²) in [6, 6.07) is 9.98. The summed E-state index contributed by atoms with van der Waals surface area (Å²) in [5.41, 5.74) is 8.24. The fourth-order valence-corrected chi connectivity index (χ4v) is 2.12. The second kappa shape index (κ2) is 4.73. The van der Waals surface area contributed by atoms with Crippen LogP contribution in [0.1, 0.15) is 17.0 Å². The van der Waals surface area contributed by atoms with Gasteiger partial charge in [-0.05, 0) is 29.3 Å². The van der Waals surface area contributed by atoms with E-state index < -0.39 is 0 Å². The molecule has 0 aliphatic heterocycles. The summed E-state index contributed by atoms with van der Waals surface area (Å²) < 4.78 is 2.03. The van der Waals surface area contributed by atoms with Crippen molar-refractivity contribution in [1.82, 2.24) is 4.57 Å². The van der Waals surface area contributed by atoms with Crippen LogP contribution >= 0.6 is 11.6 Å². The Kier molecular flexibility index (Phi) is 3.32. The van der Waals surface area contributed by atoms with Gasteiger partial charge >= 0.3 is 0 Å². The second-order valence-corrected chi connectivity index (χ2v) is 4.39. The van der Waals surface area contributed by atoms with Crippen LogP contribution in [0.15, 0.2) is 42.7 Å². The fraction of sp³-hybridized carbons (Fsp3) is 0.231.